The van der Waals surface area contributed by atoms with Gasteiger partial charge in [-0.2, -0.15) is 0 Å². The summed E-state index contributed by atoms with van der Waals surface area (Å²) >= 11 is 0. The van der Waals surface area contributed by atoms with Gasteiger partial charge in [-0.25, -0.2) is 4.39 Å². The average Bonchev–Trinajstić information content (AvgIpc) is 2.92. The number of ether oxygens (including phenoxy) is 4. The number of anilines is 1. The summed E-state index contributed by atoms with van der Waals surface area (Å²) in [5.41, 5.74) is 2.29. The highest BCUT2D eigenvalue weighted by Gasteiger charge is 2.29. The van der Waals surface area contributed by atoms with Crippen LogP contribution < -0.4 is 19.7 Å². The Kier molecular flexibility index (Phi) is 9.88. The average molecular weight is 509 g/mol. The first-order valence-electron chi connectivity index (χ1n) is 12.4. The second kappa shape index (κ2) is 13.7. The molecule has 1 aliphatic rings. The van der Waals surface area contributed by atoms with Gasteiger partial charge in [0.05, 0.1) is 52.7 Å². The lowest BCUT2D eigenvalue weighted by molar-refractivity contribution is -0.119. The van der Waals surface area contributed by atoms with Crippen LogP contribution in [0.3, 0.4) is 0 Å². The van der Waals surface area contributed by atoms with E-state index in [2.05, 4.69) is 5.32 Å². The molecule has 1 aliphatic heterocycles. The van der Waals surface area contributed by atoms with Gasteiger partial charge in [0, 0.05) is 29.8 Å². The molecule has 0 aliphatic carbocycles. The maximum absolute atomic E-state index is 13.9. The van der Waals surface area contributed by atoms with E-state index in [1.54, 1.807) is 30.2 Å². The van der Waals surface area contributed by atoms with E-state index < -0.39 is 0 Å². The zero-order chi connectivity index (χ0) is 25.9. The molecule has 7 nitrogen and oxygen atoms in total. The monoisotopic (exact) mass is 508 g/mol. The maximum Gasteiger partial charge on any atom is 0.241 e. The van der Waals surface area contributed by atoms with E-state index in [1.807, 2.05) is 48.5 Å². The van der Waals surface area contributed by atoms with Crippen molar-refractivity contribution in [2.24, 2.45) is 0 Å². The number of hydrogen-bond acceptors (Lipinski definition) is 6. The molecule has 0 radical (unpaired) electrons. The lowest BCUT2D eigenvalue weighted by Crippen LogP contribution is -2.57. The quantitative estimate of drug-likeness (QED) is 0.347. The van der Waals surface area contributed by atoms with Gasteiger partial charge in [0.25, 0.3) is 0 Å². The van der Waals surface area contributed by atoms with Crippen molar-refractivity contribution in [2.75, 3.05) is 44.9 Å². The highest BCUT2D eigenvalue weighted by Crippen LogP contribution is 2.24. The second-order valence-corrected chi connectivity index (χ2v) is 8.72. The van der Waals surface area contributed by atoms with Gasteiger partial charge in [0.2, 0.25) is 5.91 Å². The molecular formula is C29H33FN2O5. The third kappa shape index (κ3) is 7.52. The molecule has 3 aromatic rings. The number of benzene rings is 3. The minimum atomic E-state index is -0.296. The number of methoxy groups -OCH3 is 1. The molecule has 8 heteroatoms. The van der Waals surface area contributed by atoms with Crippen molar-refractivity contribution in [1.82, 2.24) is 5.32 Å². The van der Waals surface area contributed by atoms with Gasteiger partial charge in [-0.15, -0.1) is 0 Å². The van der Waals surface area contributed by atoms with Crippen molar-refractivity contribution in [1.29, 1.82) is 0 Å². The number of piperazine rings is 1. The van der Waals surface area contributed by atoms with Crippen LogP contribution in [0.25, 0.3) is 0 Å². The summed E-state index contributed by atoms with van der Waals surface area (Å²) in [4.78, 5) is 14.4. The zero-order valence-corrected chi connectivity index (χ0v) is 21.0. The molecule has 37 heavy (non-hydrogen) atoms. The molecule has 196 valence electrons. The number of para-hydroxylation sites is 1. The van der Waals surface area contributed by atoms with Crippen molar-refractivity contribution in [2.45, 2.75) is 25.7 Å². The lowest BCUT2D eigenvalue weighted by atomic mass is 10.1. The Morgan fingerprint density at radius 3 is 2.43 bits per heavy atom. The second-order valence-electron chi connectivity index (χ2n) is 8.72. The van der Waals surface area contributed by atoms with Crippen LogP contribution in [-0.2, 0) is 27.5 Å². The summed E-state index contributed by atoms with van der Waals surface area (Å²) in [6.45, 7) is 2.88. The molecule has 0 aromatic heterocycles. The van der Waals surface area contributed by atoms with Crippen LogP contribution in [-0.4, -0.2) is 52.0 Å². The first kappa shape index (κ1) is 26.6. The summed E-state index contributed by atoms with van der Waals surface area (Å²) in [7, 11) is 1.65. The molecule has 3 aromatic carbocycles. The topological polar surface area (TPSA) is 69.3 Å². The number of nitrogens with one attached hydrogen (secondary N) is 1. The molecule has 1 saturated heterocycles. The molecule has 4 rings (SSSR count). The first-order chi connectivity index (χ1) is 18.2. The highest BCUT2D eigenvalue weighted by atomic mass is 19.1. The van der Waals surface area contributed by atoms with Crippen LogP contribution in [0, 0.1) is 5.82 Å². The fourth-order valence-electron chi connectivity index (χ4n) is 4.19. The molecule has 0 unspecified atom stereocenters. The number of carbonyl (C=O) groups excluding carboxylic acids is 1. The van der Waals surface area contributed by atoms with Gasteiger partial charge in [-0.1, -0.05) is 36.4 Å². The Morgan fingerprint density at radius 1 is 0.919 bits per heavy atom. The standard InChI is InChI=1S/C29H33FN2O5/c1-34-28-10-5-3-8-23(28)20-35-15-6-16-37-26-13-11-24(12-14-26)32-25(17-31-18-29(32)33)21-36-19-22-7-2-4-9-27(22)30/h2-5,7-14,25,31H,6,15-21H2,1H3/t25-/m1/s1. The predicted molar refractivity (Wildman–Crippen MR) is 139 cm³/mol. The summed E-state index contributed by atoms with van der Waals surface area (Å²) in [5, 5.41) is 3.13. The number of amides is 1. The summed E-state index contributed by atoms with van der Waals surface area (Å²) in [6, 6.07) is 21.6. The SMILES string of the molecule is COc1ccccc1COCCCOc1ccc(N2C(=O)CNC[C@@H]2COCc2ccccc2F)cc1. The number of carbonyl (C=O) groups is 1. The van der Waals surface area contributed by atoms with Crippen molar-refractivity contribution in [3.8, 4) is 11.5 Å². The van der Waals surface area contributed by atoms with Crippen LogP contribution in [0.2, 0.25) is 0 Å². The van der Waals surface area contributed by atoms with Gasteiger partial charge >= 0.3 is 0 Å². The zero-order valence-electron chi connectivity index (χ0n) is 21.0. The van der Waals surface area contributed by atoms with E-state index >= 15 is 0 Å². The molecule has 0 spiro atoms. The van der Waals surface area contributed by atoms with Crippen LogP contribution in [0.1, 0.15) is 17.5 Å². The van der Waals surface area contributed by atoms with Gasteiger partial charge in [-0.3, -0.25) is 4.79 Å². The minimum absolute atomic E-state index is 0.0356. The summed E-state index contributed by atoms with van der Waals surface area (Å²) in [5.74, 6) is 1.21. The molecule has 0 bridgehead atoms. The Bertz CT molecular complexity index is 1140. The Labute approximate surface area is 217 Å². The number of rotatable bonds is 13. The minimum Gasteiger partial charge on any atom is -0.496 e. The highest BCUT2D eigenvalue weighted by molar-refractivity contribution is 5.96. The molecule has 1 heterocycles. The van der Waals surface area contributed by atoms with Gasteiger partial charge in [-0.05, 0) is 36.4 Å². The van der Waals surface area contributed by atoms with E-state index in [4.69, 9.17) is 18.9 Å². The molecule has 1 amide bonds. The van der Waals surface area contributed by atoms with E-state index in [0.717, 1.165) is 29.2 Å². The molecule has 1 N–H and O–H groups in total. The molecule has 0 saturated carbocycles. The van der Waals surface area contributed by atoms with Crippen LogP contribution in [0.4, 0.5) is 10.1 Å². The fourth-order valence-corrected chi connectivity index (χ4v) is 4.19. The number of halogens is 1. The molecule has 1 atom stereocenters. The smallest absolute Gasteiger partial charge is 0.241 e. The van der Waals surface area contributed by atoms with Crippen molar-refractivity contribution >= 4 is 11.6 Å². The van der Waals surface area contributed by atoms with Crippen LogP contribution in [0.15, 0.2) is 72.8 Å². The van der Waals surface area contributed by atoms with Crippen LogP contribution in [0.5, 0.6) is 11.5 Å². The summed E-state index contributed by atoms with van der Waals surface area (Å²) < 4.78 is 36.6. The van der Waals surface area contributed by atoms with E-state index in [0.29, 0.717) is 38.5 Å². The van der Waals surface area contributed by atoms with Crippen molar-refractivity contribution in [3.05, 3.63) is 89.7 Å². The van der Waals surface area contributed by atoms with Crippen molar-refractivity contribution in [3.63, 3.8) is 0 Å². The number of nitrogens with zero attached hydrogens (tertiary/aromatic N) is 1. The molecular weight excluding hydrogens is 475 g/mol. The Balaban J connectivity index is 1.22. The maximum atomic E-state index is 13.9. The normalized spacial score (nSPS) is 15.6. The fraction of sp³-hybridized carbons (Fsp3) is 0.345. The van der Waals surface area contributed by atoms with Gasteiger partial charge in [0.15, 0.2) is 0 Å². The number of hydrogen-bond donors (Lipinski definition) is 1. The molecule has 1 fully saturated rings. The Hall–Kier alpha value is -3.46. The van der Waals surface area contributed by atoms with E-state index in [1.165, 1.54) is 6.07 Å². The lowest BCUT2D eigenvalue weighted by Gasteiger charge is -2.36. The first-order valence-corrected chi connectivity index (χ1v) is 12.4. The van der Waals surface area contributed by atoms with Gasteiger partial charge < -0.3 is 29.2 Å². The van der Waals surface area contributed by atoms with Gasteiger partial charge in [0.1, 0.15) is 17.3 Å². The third-order valence-corrected chi connectivity index (χ3v) is 6.08. The summed E-state index contributed by atoms with van der Waals surface area (Å²) in [6.07, 6.45) is 0.745. The van der Waals surface area contributed by atoms with Crippen LogP contribution >= 0.6 is 0 Å². The Morgan fingerprint density at radius 2 is 1.65 bits per heavy atom. The third-order valence-electron chi connectivity index (χ3n) is 6.08. The van der Waals surface area contributed by atoms with E-state index in [-0.39, 0.29) is 30.9 Å². The largest absolute Gasteiger partial charge is 0.496 e. The predicted octanol–water partition coefficient (Wildman–Crippen LogP) is 4.34. The van der Waals surface area contributed by atoms with E-state index in [9.17, 15) is 9.18 Å². The van der Waals surface area contributed by atoms with Crippen molar-refractivity contribution < 1.29 is 28.1 Å².